The van der Waals surface area contributed by atoms with Crippen LogP contribution in [0.15, 0.2) is 12.2 Å². The normalized spacial score (nSPS) is 26.3. The highest BCUT2D eigenvalue weighted by atomic mass is 16.5. The molecule has 1 aliphatic carbocycles. The van der Waals surface area contributed by atoms with Crippen molar-refractivity contribution in [3.8, 4) is 0 Å². The van der Waals surface area contributed by atoms with E-state index in [1.807, 2.05) is 0 Å². The van der Waals surface area contributed by atoms with Crippen molar-refractivity contribution in [2.45, 2.75) is 58.6 Å². The van der Waals surface area contributed by atoms with Crippen LogP contribution in [-0.2, 0) is 4.74 Å². The number of hydrogen-bond donors (Lipinski definition) is 2. The van der Waals surface area contributed by atoms with E-state index in [2.05, 4.69) is 38.2 Å². The first kappa shape index (κ1) is 16.7. The van der Waals surface area contributed by atoms with E-state index in [1.165, 1.54) is 6.42 Å². The minimum Gasteiger partial charge on any atom is -0.389 e. The number of hydrogen-bond acceptors (Lipinski definition) is 3. The van der Waals surface area contributed by atoms with Crippen LogP contribution < -0.4 is 5.32 Å². The maximum absolute atomic E-state index is 9.86. The first-order valence-electron chi connectivity index (χ1n) is 7.77. The van der Waals surface area contributed by atoms with Crippen molar-refractivity contribution < 1.29 is 9.84 Å². The summed E-state index contributed by atoms with van der Waals surface area (Å²) >= 11 is 0. The van der Waals surface area contributed by atoms with Gasteiger partial charge < -0.3 is 15.2 Å². The largest absolute Gasteiger partial charge is 0.389 e. The number of ether oxygens (including phenoxy) is 1. The van der Waals surface area contributed by atoms with Crippen molar-refractivity contribution in [1.82, 2.24) is 5.32 Å². The highest BCUT2D eigenvalue weighted by Gasteiger charge is 2.18. The molecule has 19 heavy (non-hydrogen) atoms. The van der Waals surface area contributed by atoms with Crippen LogP contribution in [0.25, 0.3) is 0 Å². The highest BCUT2D eigenvalue weighted by molar-refractivity contribution is 4.93. The van der Waals surface area contributed by atoms with Crippen LogP contribution in [0.1, 0.15) is 46.5 Å². The van der Waals surface area contributed by atoms with Gasteiger partial charge in [-0.15, -0.1) is 0 Å². The summed E-state index contributed by atoms with van der Waals surface area (Å²) in [6.07, 6.45) is 8.71. The Morgan fingerprint density at radius 2 is 2.11 bits per heavy atom. The molecule has 0 fully saturated rings. The number of allylic oxidation sites excluding steroid dienone is 2. The van der Waals surface area contributed by atoms with Crippen LogP contribution >= 0.6 is 0 Å². The Labute approximate surface area is 118 Å². The molecule has 0 aliphatic heterocycles. The van der Waals surface area contributed by atoms with Gasteiger partial charge in [-0.2, -0.15) is 0 Å². The molecular weight excluding hydrogens is 238 g/mol. The standard InChI is InChI=1S/C16H31NO2/c1-4-7-14(3)17-10-16(18)12-19-11-15-9-6-5-8-13(15)2/h5-6,13-18H,4,7-12H2,1-3H3. The Balaban J connectivity index is 2.06. The zero-order valence-corrected chi connectivity index (χ0v) is 12.8. The fraction of sp³-hybridized carbons (Fsp3) is 0.875. The van der Waals surface area contributed by atoms with Crippen molar-refractivity contribution in [1.29, 1.82) is 0 Å². The average molecular weight is 269 g/mol. The molecule has 2 N–H and O–H groups in total. The van der Waals surface area contributed by atoms with Gasteiger partial charge in [0.1, 0.15) is 0 Å². The van der Waals surface area contributed by atoms with Gasteiger partial charge in [-0.25, -0.2) is 0 Å². The second-order valence-electron chi connectivity index (χ2n) is 5.97. The third kappa shape index (κ3) is 7.09. The molecule has 0 saturated carbocycles. The molecule has 4 unspecified atom stereocenters. The molecule has 0 radical (unpaired) electrons. The molecule has 0 aromatic heterocycles. The van der Waals surface area contributed by atoms with Crippen LogP contribution in [0, 0.1) is 11.8 Å². The molecule has 0 spiro atoms. The predicted octanol–water partition coefficient (Wildman–Crippen LogP) is 2.74. The van der Waals surface area contributed by atoms with E-state index in [9.17, 15) is 5.11 Å². The third-order valence-electron chi connectivity index (χ3n) is 3.98. The van der Waals surface area contributed by atoms with Crippen molar-refractivity contribution in [3.05, 3.63) is 12.2 Å². The molecule has 0 aromatic rings. The second kappa shape index (κ2) is 9.51. The number of rotatable bonds is 9. The molecule has 0 amide bonds. The van der Waals surface area contributed by atoms with Crippen molar-refractivity contribution in [2.75, 3.05) is 19.8 Å². The third-order valence-corrected chi connectivity index (χ3v) is 3.98. The molecule has 4 atom stereocenters. The Morgan fingerprint density at radius 3 is 2.79 bits per heavy atom. The summed E-state index contributed by atoms with van der Waals surface area (Å²) in [5.74, 6) is 1.31. The Hall–Kier alpha value is -0.380. The predicted molar refractivity (Wildman–Crippen MR) is 80.2 cm³/mol. The molecule has 3 nitrogen and oxygen atoms in total. The van der Waals surface area contributed by atoms with Gasteiger partial charge in [0.25, 0.3) is 0 Å². The zero-order chi connectivity index (χ0) is 14.1. The van der Waals surface area contributed by atoms with Gasteiger partial charge in [0, 0.05) is 12.6 Å². The van der Waals surface area contributed by atoms with Gasteiger partial charge in [-0.1, -0.05) is 32.4 Å². The summed E-state index contributed by atoms with van der Waals surface area (Å²) in [6.45, 7) is 8.46. The molecule has 3 heteroatoms. The molecule has 0 aromatic carbocycles. The van der Waals surface area contributed by atoms with E-state index >= 15 is 0 Å². The Bertz CT molecular complexity index is 255. The van der Waals surface area contributed by atoms with Gasteiger partial charge in [-0.05, 0) is 38.0 Å². The van der Waals surface area contributed by atoms with E-state index < -0.39 is 6.10 Å². The van der Waals surface area contributed by atoms with E-state index in [0.717, 1.165) is 25.9 Å². The van der Waals surface area contributed by atoms with Gasteiger partial charge in [0.15, 0.2) is 0 Å². The lowest BCUT2D eigenvalue weighted by molar-refractivity contribution is 0.0120. The fourth-order valence-electron chi connectivity index (χ4n) is 2.53. The molecule has 0 heterocycles. The van der Waals surface area contributed by atoms with Crippen LogP contribution in [0.2, 0.25) is 0 Å². The SMILES string of the molecule is CCCC(C)NCC(O)COCC1CC=CCC1C. The molecule has 0 saturated heterocycles. The van der Waals surface area contributed by atoms with Gasteiger partial charge in [-0.3, -0.25) is 0 Å². The number of nitrogens with one attached hydrogen (secondary N) is 1. The van der Waals surface area contributed by atoms with Crippen LogP contribution in [0.3, 0.4) is 0 Å². The topological polar surface area (TPSA) is 41.5 Å². The maximum Gasteiger partial charge on any atom is 0.0897 e. The van der Waals surface area contributed by atoms with E-state index in [4.69, 9.17) is 4.74 Å². The minimum absolute atomic E-state index is 0.395. The zero-order valence-electron chi connectivity index (χ0n) is 12.8. The summed E-state index contributed by atoms with van der Waals surface area (Å²) in [5, 5.41) is 13.2. The fourth-order valence-corrected chi connectivity index (χ4v) is 2.53. The summed E-state index contributed by atoms with van der Waals surface area (Å²) in [7, 11) is 0. The summed E-state index contributed by atoms with van der Waals surface area (Å²) in [5.41, 5.74) is 0. The van der Waals surface area contributed by atoms with Crippen LogP contribution in [-0.4, -0.2) is 37.0 Å². The molecule has 1 rings (SSSR count). The van der Waals surface area contributed by atoms with E-state index in [1.54, 1.807) is 0 Å². The number of aliphatic hydroxyl groups is 1. The summed E-state index contributed by atoms with van der Waals surface area (Å²) in [6, 6.07) is 0.475. The lowest BCUT2D eigenvalue weighted by Gasteiger charge is -2.25. The van der Waals surface area contributed by atoms with Crippen LogP contribution in [0.4, 0.5) is 0 Å². The molecular formula is C16H31NO2. The summed E-state index contributed by atoms with van der Waals surface area (Å²) < 4.78 is 5.67. The highest BCUT2D eigenvalue weighted by Crippen LogP contribution is 2.24. The Kier molecular flexibility index (Phi) is 8.35. The first-order valence-corrected chi connectivity index (χ1v) is 7.77. The van der Waals surface area contributed by atoms with Crippen molar-refractivity contribution in [3.63, 3.8) is 0 Å². The molecule has 0 bridgehead atoms. The Morgan fingerprint density at radius 1 is 1.37 bits per heavy atom. The summed E-state index contributed by atoms with van der Waals surface area (Å²) in [4.78, 5) is 0. The monoisotopic (exact) mass is 269 g/mol. The molecule has 1 aliphatic rings. The molecule has 112 valence electrons. The van der Waals surface area contributed by atoms with E-state index in [-0.39, 0.29) is 0 Å². The lowest BCUT2D eigenvalue weighted by atomic mass is 9.85. The van der Waals surface area contributed by atoms with Gasteiger partial charge in [0.2, 0.25) is 0 Å². The lowest BCUT2D eigenvalue weighted by Crippen LogP contribution is -2.36. The smallest absolute Gasteiger partial charge is 0.0897 e. The first-order chi connectivity index (χ1) is 9.13. The minimum atomic E-state index is -0.395. The van der Waals surface area contributed by atoms with Crippen molar-refractivity contribution >= 4 is 0 Å². The maximum atomic E-state index is 9.86. The number of aliphatic hydroxyl groups excluding tert-OH is 1. The van der Waals surface area contributed by atoms with Gasteiger partial charge >= 0.3 is 0 Å². The second-order valence-corrected chi connectivity index (χ2v) is 5.97. The quantitative estimate of drug-likeness (QED) is 0.632. The van der Waals surface area contributed by atoms with Crippen molar-refractivity contribution in [2.24, 2.45) is 11.8 Å². The average Bonchev–Trinajstić information content (AvgIpc) is 2.39. The van der Waals surface area contributed by atoms with E-state index in [0.29, 0.717) is 31.0 Å². The van der Waals surface area contributed by atoms with Gasteiger partial charge in [0.05, 0.1) is 19.3 Å². The van der Waals surface area contributed by atoms with Crippen LogP contribution in [0.5, 0.6) is 0 Å².